The highest BCUT2D eigenvalue weighted by Gasteiger charge is 2.34. The predicted molar refractivity (Wildman–Crippen MR) is 89.1 cm³/mol. The van der Waals surface area contributed by atoms with Gasteiger partial charge in [-0.05, 0) is 44.8 Å². The second-order valence-corrected chi connectivity index (χ2v) is 6.67. The normalized spacial score (nSPS) is 17.7. The van der Waals surface area contributed by atoms with E-state index in [1.165, 1.54) is 7.11 Å². The van der Waals surface area contributed by atoms with Crippen LogP contribution in [-0.4, -0.2) is 55.3 Å². The fourth-order valence-corrected chi connectivity index (χ4v) is 2.40. The minimum Gasteiger partial charge on any atom is -0.444 e. The average molecular weight is 324 g/mol. The first-order valence-electron chi connectivity index (χ1n) is 7.78. The molecule has 0 saturated carbocycles. The molecule has 0 aromatic heterocycles. The van der Waals surface area contributed by atoms with Gasteiger partial charge in [0.05, 0.1) is 6.04 Å². The van der Waals surface area contributed by atoms with Gasteiger partial charge in [0.25, 0.3) is 0 Å². The number of methoxy groups -OCH3 is 1. The number of likely N-dealkylation sites (tertiary alicyclic amines) is 1. The van der Waals surface area contributed by atoms with E-state index in [4.69, 9.17) is 9.47 Å². The van der Waals surface area contributed by atoms with Gasteiger partial charge in [-0.25, -0.2) is 4.79 Å². The molecule has 1 saturated heterocycles. The van der Waals surface area contributed by atoms with Crippen molar-refractivity contribution in [3.63, 3.8) is 0 Å². The van der Waals surface area contributed by atoms with E-state index in [1.807, 2.05) is 20.8 Å². The maximum absolute atomic E-state index is 12.3. The number of ether oxygens (including phenoxy) is 2. The Bertz CT molecular complexity index is 479. The van der Waals surface area contributed by atoms with Gasteiger partial charge in [-0.2, -0.15) is 0 Å². The van der Waals surface area contributed by atoms with Gasteiger partial charge in [-0.15, -0.1) is 0 Å². The number of amides is 2. The maximum Gasteiger partial charge on any atom is 0.410 e. The van der Waals surface area contributed by atoms with Gasteiger partial charge >= 0.3 is 6.09 Å². The van der Waals surface area contributed by atoms with Crippen LogP contribution in [0.3, 0.4) is 0 Å². The first-order valence-corrected chi connectivity index (χ1v) is 7.78. The van der Waals surface area contributed by atoms with Crippen LogP contribution in [0.4, 0.5) is 4.79 Å². The van der Waals surface area contributed by atoms with E-state index in [9.17, 15) is 9.59 Å². The monoisotopic (exact) mass is 324 g/mol. The standard InChI is InChI=1S/C17H28N2O4/c1-12(10-18-15(20)11-22-6)13(2)14-8-7-9-19(14)16(21)23-17(3,4)5/h14H,1-2,7-11H2,3-6H3,(H,18,20)/t14-/m0/s1. The largest absolute Gasteiger partial charge is 0.444 e. The van der Waals surface area contributed by atoms with Crippen molar-refractivity contribution in [1.29, 1.82) is 0 Å². The van der Waals surface area contributed by atoms with Crippen molar-refractivity contribution in [2.24, 2.45) is 0 Å². The summed E-state index contributed by atoms with van der Waals surface area (Å²) >= 11 is 0. The highest BCUT2D eigenvalue weighted by Crippen LogP contribution is 2.28. The third kappa shape index (κ3) is 6.06. The molecule has 1 atom stereocenters. The minimum atomic E-state index is -0.531. The fourth-order valence-electron chi connectivity index (χ4n) is 2.40. The zero-order valence-electron chi connectivity index (χ0n) is 14.6. The Balaban J connectivity index is 2.61. The van der Waals surface area contributed by atoms with Gasteiger partial charge in [0, 0.05) is 20.2 Å². The fraction of sp³-hybridized carbons (Fsp3) is 0.647. The Morgan fingerprint density at radius 1 is 1.30 bits per heavy atom. The van der Waals surface area contributed by atoms with Gasteiger partial charge in [0.2, 0.25) is 5.91 Å². The first-order chi connectivity index (χ1) is 10.7. The number of rotatable bonds is 6. The van der Waals surface area contributed by atoms with Crippen molar-refractivity contribution in [2.75, 3.05) is 26.8 Å². The summed E-state index contributed by atoms with van der Waals surface area (Å²) in [5.74, 6) is -0.211. The summed E-state index contributed by atoms with van der Waals surface area (Å²) in [5, 5.41) is 2.71. The molecule has 0 spiro atoms. The average Bonchev–Trinajstić information content (AvgIpc) is 2.91. The topological polar surface area (TPSA) is 67.9 Å². The molecule has 130 valence electrons. The molecule has 6 nitrogen and oxygen atoms in total. The van der Waals surface area contributed by atoms with Crippen LogP contribution >= 0.6 is 0 Å². The Labute approximate surface area is 138 Å². The zero-order valence-corrected chi connectivity index (χ0v) is 14.6. The predicted octanol–water partition coefficient (Wildman–Crippen LogP) is 2.26. The molecule has 0 aliphatic carbocycles. The molecule has 1 aliphatic heterocycles. The summed E-state index contributed by atoms with van der Waals surface area (Å²) in [7, 11) is 1.46. The van der Waals surface area contributed by atoms with E-state index >= 15 is 0 Å². The van der Waals surface area contributed by atoms with Crippen molar-refractivity contribution >= 4 is 12.0 Å². The summed E-state index contributed by atoms with van der Waals surface area (Å²) in [6.07, 6.45) is 1.38. The molecule has 0 bridgehead atoms. The molecule has 1 fully saturated rings. The van der Waals surface area contributed by atoms with Crippen LogP contribution in [0.15, 0.2) is 24.3 Å². The third-order valence-corrected chi connectivity index (χ3v) is 3.51. The summed E-state index contributed by atoms with van der Waals surface area (Å²) in [6, 6.07) is -0.128. The Morgan fingerprint density at radius 3 is 2.52 bits per heavy atom. The highest BCUT2D eigenvalue weighted by molar-refractivity contribution is 5.77. The van der Waals surface area contributed by atoms with E-state index in [2.05, 4.69) is 18.5 Å². The number of nitrogens with one attached hydrogen (secondary N) is 1. The van der Waals surface area contributed by atoms with Crippen LogP contribution < -0.4 is 5.32 Å². The third-order valence-electron chi connectivity index (χ3n) is 3.51. The van der Waals surface area contributed by atoms with Crippen molar-refractivity contribution in [3.8, 4) is 0 Å². The SMILES string of the molecule is C=C(CNC(=O)COC)C(=C)[C@@H]1CCCN1C(=O)OC(C)(C)C. The summed E-state index contributed by atoms with van der Waals surface area (Å²) in [6.45, 7) is 14.5. The van der Waals surface area contributed by atoms with E-state index in [-0.39, 0.29) is 24.6 Å². The minimum absolute atomic E-state index is 0.00716. The van der Waals surface area contributed by atoms with E-state index in [1.54, 1.807) is 4.90 Å². The highest BCUT2D eigenvalue weighted by atomic mass is 16.6. The molecule has 1 N–H and O–H groups in total. The van der Waals surface area contributed by atoms with E-state index in [0.717, 1.165) is 18.4 Å². The molecular formula is C17H28N2O4. The lowest BCUT2D eigenvalue weighted by molar-refractivity contribution is -0.124. The lowest BCUT2D eigenvalue weighted by Crippen LogP contribution is -2.41. The lowest BCUT2D eigenvalue weighted by Gasteiger charge is -2.30. The van der Waals surface area contributed by atoms with Crippen LogP contribution in [0.25, 0.3) is 0 Å². The molecule has 23 heavy (non-hydrogen) atoms. The molecule has 1 aliphatic rings. The molecule has 0 aromatic carbocycles. The number of hydrogen-bond acceptors (Lipinski definition) is 4. The van der Waals surface area contributed by atoms with Gasteiger partial charge < -0.3 is 19.7 Å². The summed E-state index contributed by atoms with van der Waals surface area (Å²) in [5.41, 5.74) is 0.928. The Morgan fingerprint density at radius 2 is 1.96 bits per heavy atom. The van der Waals surface area contributed by atoms with Crippen LogP contribution in [0.5, 0.6) is 0 Å². The van der Waals surface area contributed by atoms with Crippen molar-refractivity contribution in [1.82, 2.24) is 10.2 Å². The van der Waals surface area contributed by atoms with Crippen molar-refractivity contribution < 1.29 is 19.1 Å². The maximum atomic E-state index is 12.3. The molecule has 2 amide bonds. The molecule has 0 aromatic rings. The van der Waals surface area contributed by atoms with Crippen LogP contribution in [0, 0.1) is 0 Å². The van der Waals surface area contributed by atoms with Crippen molar-refractivity contribution in [2.45, 2.75) is 45.3 Å². The number of hydrogen-bond donors (Lipinski definition) is 1. The molecule has 6 heteroatoms. The molecule has 0 radical (unpaired) electrons. The second-order valence-electron chi connectivity index (χ2n) is 6.67. The van der Waals surface area contributed by atoms with E-state index in [0.29, 0.717) is 18.7 Å². The molecule has 1 rings (SSSR count). The van der Waals surface area contributed by atoms with Gasteiger partial charge in [-0.3, -0.25) is 4.79 Å². The van der Waals surface area contributed by atoms with E-state index < -0.39 is 5.60 Å². The summed E-state index contributed by atoms with van der Waals surface area (Å²) < 4.78 is 10.2. The molecule has 0 unspecified atom stereocenters. The number of carbonyl (C=O) groups is 2. The zero-order chi connectivity index (χ0) is 17.6. The first kappa shape index (κ1) is 19.2. The quantitative estimate of drug-likeness (QED) is 0.761. The van der Waals surface area contributed by atoms with Crippen LogP contribution in [-0.2, 0) is 14.3 Å². The Hall–Kier alpha value is -1.82. The lowest BCUT2D eigenvalue weighted by atomic mass is 9.99. The Kier molecular flexibility index (Phi) is 6.81. The molecular weight excluding hydrogens is 296 g/mol. The van der Waals surface area contributed by atoms with Gasteiger partial charge in [-0.1, -0.05) is 13.2 Å². The molecule has 1 heterocycles. The van der Waals surface area contributed by atoms with Crippen molar-refractivity contribution in [3.05, 3.63) is 24.3 Å². The summed E-state index contributed by atoms with van der Waals surface area (Å²) in [4.78, 5) is 25.4. The second kappa shape index (κ2) is 8.15. The van der Waals surface area contributed by atoms with Crippen LogP contribution in [0.1, 0.15) is 33.6 Å². The van der Waals surface area contributed by atoms with Crippen LogP contribution in [0.2, 0.25) is 0 Å². The number of nitrogens with zero attached hydrogens (tertiary/aromatic N) is 1. The van der Waals surface area contributed by atoms with Gasteiger partial charge in [0.1, 0.15) is 12.2 Å². The van der Waals surface area contributed by atoms with Gasteiger partial charge in [0.15, 0.2) is 0 Å². The number of carbonyl (C=O) groups excluding carboxylic acids is 2. The smallest absolute Gasteiger partial charge is 0.410 e.